The van der Waals surface area contributed by atoms with E-state index >= 15 is 0 Å². The average molecular weight is 413 g/mol. The monoisotopic (exact) mass is 412 g/mol. The van der Waals surface area contributed by atoms with E-state index in [0.29, 0.717) is 12.3 Å². The van der Waals surface area contributed by atoms with E-state index in [2.05, 4.69) is 17.4 Å². The summed E-state index contributed by atoms with van der Waals surface area (Å²) in [6.07, 6.45) is 0.725. The molecule has 2 aromatic rings. The molecule has 0 radical (unpaired) electrons. The molecule has 0 unspecified atom stereocenters. The molecule has 0 aliphatic carbocycles. The number of hydrogen-bond donors (Lipinski definition) is 1. The van der Waals surface area contributed by atoms with E-state index in [1.165, 1.54) is 5.56 Å². The highest BCUT2D eigenvalue weighted by molar-refractivity contribution is 7.99. The number of hydrogen-bond acceptors (Lipinski definition) is 3. The van der Waals surface area contributed by atoms with Gasteiger partial charge in [0.05, 0.1) is 5.75 Å². The molecule has 156 valence electrons. The topological polar surface area (TPSA) is 49.4 Å². The number of carbonyl (C=O) groups is 2. The van der Waals surface area contributed by atoms with Crippen molar-refractivity contribution in [3.8, 4) is 0 Å². The molecule has 1 N–H and O–H groups in total. The largest absolute Gasteiger partial charge is 0.350 e. The maximum atomic E-state index is 13.0. The molecule has 0 aliphatic heterocycles. The molecular weight excluding hydrogens is 380 g/mol. The SMILES string of the molecule is C[C@@H](C(=O)NC(C)(C)C)N(CCc1ccccc1)C(=O)CSCc1ccccc1. The minimum absolute atomic E-state index is 0.00146. The van der Waals surface area contributed by atoms with E-state index in [4.69, 9.17) is 0 Å². The predicted molar refractivity (Wildman–Crippen MR) is 122 cm³/mol. The van der Waals surface area contributed by atoms with Gasteiger partial charge < -0.3 is 10.2 Å². The zero-order valence-corrected chi connectivity index (χ0v) is 18.7. The second-order valence-corrected chi connectivity index (χ2v) is 9.20. The van der Waals surface area contributed by atoms with Gasteiger partial charge in [0, 0.05) is 17.8 Å². The Kier molecular flexibility index (Phi) is 8.77. The van der Waals surface area contributed by atoms with E-state index in [0.717, 1.165) is 17.7 Å². The second kappa shape index (κ2) is 11.1. The Morgan fingerprint density at radius 3 is 2.07 bits per heavy atom. The van der Waals surface area contributed by atoms with Gasteiger partial charge in [-0.25, -0.2) is 0 Å². The molecule has 1 atom stereocenters. The first kappa shape index (κ1) is 23.0. The van der Waals surface area contributed by atoms with Crippen molar-refractivity contribution in [3.05, 3.63) is 71.8 Å². The molecule has 4 nitrogen and oxygen atoms in total. The van der Waals surface area contributed by atoms with Crippen LogP contribution in [0.25, 0.3) is 0 Å². The highest BCUT2D eigenvalue weighted by Crippen LogP contribution is 2.15. The normalized spacial score (nSPS) is 12.3. The first-order valence-electron chi connectivity index (χ1n) is 10.0. The van der Waals surface area contributed by atoms with Crippen LogP contribution in [0.15, 0.2) is 60.7 Å². The lowest BCUT2D eigenvalue weighted by atomic mass is 10.1. The molecule has 0 bridgehead atoms. The lowest BCUT2D eigenvalue weighted by Gasteiger charge is -2.31. The van der Waals surface area contributed by atoms with E-state index in [9.17, 15) is 9.59 Å². The van der Waals surface area contributed by atoms with E-state index in [-0.39, 0.29) is 17.4 Å². The van der Waals surface area contributed by atoms with Crippen LogP contribution in [0.5, 0.6) is 0 Å². The summed E-state index contributed by atoms with van der Waals surface area (Å²) < 4.78 is 0. The number of nitrogens with zero attached hydrogens (tertiary/aromatic N) is 1. The minimum Gasteiger partial charge on any atom is -0.350 e. The van der Waals surface area contributed by atoms with Crippen LogP contribution in [0.4, 0.5) is 0 Å². The third kappa shape index (κ3) is 8.32. The van der Waals surface area contributed by atoms with Crippen LogP contribution in [-0.4, -0.2) is 40.6 Å². The Morgan fingerprint density at radius 2 is 1.52 bits per heavy atom. The van der Waals surface area contributed by atoms with Crippen LogP contribution in [0.1, 0.15) is 38.8 Å². The highest BCUT2D eigenvalue weighted by atomic mass is 32.2. The summed E-state index contributed by atoms with van der Waals surface area (Å²) >= 11 is 1.58. The van der Waals surface area contributed by atoms with Crippen molar-refractivity contribution in [2.24, 2.45) is 0 Å². The maximum Gasteiger partial charge on any atom is 0.242 e. The summed E-state index contributed by atoms with van der Waals surface area (Å²) in [6, 6.07) is 19.7. The first-order valence-corrected chi connectivity index (χ1v) is 11.2. The fourth-order valence-electron chi connectivity index (χ4n) is 2.96. The molecule has 5 heteroatoms. The van der Waals surface area contributed by atoms with Gasteiger partial charge in [0.2, 0.25) is 11.8 Å². The predicted octanol–water partition coefficient (Wildman–Crippen LogP) is 4.29. The first-order chi connectivity index (χ1) is 13.8. The molecule has 0 aromatic heterocycles. The lowest BCUT2D eigenvalue weighted by Crippen LogP contribution is -2.53. The molecule has 2 amide bonds. The lowest BCUT2D eigenvalue weighted by molar-refractivity contribution is -0.138. The van der Waals surface area contributed by atoms with Gasteiger partial charge in [0.15, 0.2) is 0 Å². The van der Waals surface area contributed by atoms with E-state index < -0.39 is 6.04 Å². The third-order valence-corrected chi connectivity index (χ3v) is 5.48. The molecule has 2 rings (SSSR count). The Bertz CT molecular complexity index is 772. The fourth-order valence-corrected chi connectivity index (χ4v) is 3.83. The average Bonchev–Trinajstić information content (AvgIpc) is 2.68. The number of rotatable bonds is 9. The zero-order valence-electron chi connectivity index (χ0n) is 17.9. The van der Waals surface area contributed by atoms with Gasteiger partial charge in [-0.15, -0.1) is 11.8 Å². The molecule has 0 aliphatic rings. The van der Waals surface area contributed by atoms with Crippen LogP contribution in [0.2, 0.25) is 0 Å². The summed E-state index contributed by atoms with van der Waals surface area (Å²) in [5.41, 5.74) is 2.02. The summed E-state index contributed by atoms with van der Waals surface area (Å²) in [4.78, 5) is 27.4. The van der Waals surface area contributed by atoms with Crippen LogP contribution in [0, 0.1) is 0 Å². The van der Waals surface area contributed by atoms with Crippen molar-refractivity contribution in [1.29, 1.82) is 0 Å². The van der Waals surface area contributed by atoms with Gasteiger partial charge in [0.1, 0.15) is 6.04 Å². The van der Waals surface area contributed by atoms with Crippen molar-refractivity contribution >= 4 is 23.6 Å². The molecular formula is C24H32N2O2S. The molecule has 0 saturated carbocycles. The minimum atomic E-state index is -0.511. The number of benzene rings is 2. The van der Waals surface area contributed by atoms with Gasteiger partial charge in [-0.05, 0) is 45.2 Å². The third-order valence-electron chi connectivity index (χ3n) is 4.49. The van der Waals surface area contributed by atoms with Crippen LogP contribution < -0.4 is 5.32 Å². The van der Waals surface area contributed by atoms with Crippen molar-refractivity contribution < 1.29 is 9.59 Å². The van der Waals surface area contributed by atoms with Gasteiger partial charge >= 0.3 is 0 Å². The maximum absolute atomic E-state index is 13.0. The Balaban J connectivity index is 2.01. The van der Waals surface area contributed by atoms with Crippen molar-refractivity contribution in [2.75, 3.05) is 12.3 Å². The van der Waals surface area contributed by atoms with Crippen LogP contribution in [0.3, 0.4) is 0 Å². The van der Waals surface area contributed by atoms with Crippen LogP contribution >= 0.6 is 11.8 Å². The zero-order chi connectivity index (χ0) is 21.3. The second-order valence-electron chi connectivity index (χ2n) is 8.22. The standard InChI is InChI=1S/C24H32N2O2S/c1-19(23(28)25-24(2,3)4)26(16-15-20-11-7-5-8-12-20)22(27)18-29-17-21-13-9-6-10-14-21/h5-14,19H,15-18H2,1-4H3,(H,25,28)/t19-/m0/s1. The van der Waals surface area contributed by atoms with Crippen molar-refractivity contribution in [3.63, 3.8) is 0 Å². The molecule has 0 heterocycles. The van der Waals surface area contributed by atoms with Gasteiger partial charge in [-0.3, -0.25) is 9.59 Å². The number of amides is 2. The smallest absolute Gasteiger partial charge is 0.242 e. The fraction of sp³-hybridized carbons (Fsp3) is 0.417. The number of thioether (sulfide) groups is 1. The Labute approximate surface area is 179 Å². The number of carbonyl (C=O) groups excluding carboxylic acids is 2. The van der Waals surface area contributed by atoms with Gasteiger partial charge in [0.25, 0.3) is 0 Å². The Hall–Kier alpha value is -2.27. The molecule has 0 fully saturated rings. The van der Waals surface area contributed by atoms with E-state index in [1.807, 2.05) is 76.2 Å². The summed E-state index contributed by atoms with van der Waals surface area (Å²) in [5, 5.41) is 2.99. The molecule has 0 saturated heterocycles. The van der Waals surface area contributed by atoms with Crippen molar-refractivity contribution in [1.82, 2.24) is 10.2 Å². The summed E-state index contributed by atoms with van der Waals surface area (Å²) in [5.74, 6) is 1.02. The van der Waals surface area contributed by atoms with Gasteiger partial charge in [-0.1, -0.05) is 60.7 Å². The van der Waals surface area contributed by atoms with Gasteiger partial charge in [-0.2, -0.15) is 0 Å². The summed E-state index contributed by atoms with van der Waals surface area (Å²) in [7, 11) is 0. The van der Waals surface area contributed by atoms with Crippen LogP contribution in [-0.2, 0) is 21.8 Å². The molecule has 0 spiro atoms. The van der Waals surface area contributed by atoms with E-state index in [1.54, 1.807) is 16.7 Å². The molecule has 2 aromatic carbocycles. The van der Waals surface area contributed by atoms with Crippen molar-refractivity contribution in [2.45, 2.75) is 51.4 Å². The highest BCUT2D eigenvalue weighted by Gasteiger charge is 2.27. The number of nitrogens with one attached hydrogen (secondary N) is 1. The quantitative estimate of drug-likeness (QED) is 0.668. The Morgan fingerprint density at radius 1 is 0.966 bits per heavy atom. The molecule has 29 heavy (non-hydrogen) atoms. The summed E-state index contributed by atoms with van der Waals surface area (Å²) in [6.45, 7) is 8.18.